The number of rotatable bonds is 8. The van der Waals surface area contributed by atoms with Crippen LogP contribution >= 0.6 is 0 Å². The first-order valence-electron chi connectivity index (χ1n) is 8.28. The summed E-state index contributed by atoms with van der Waals surface area (Å²) in [5, 5.41) is 7.54. The van der Waals surface area contributed by atoms with Crippen molar-refractivity contribution in [1.82, 2.24) is 20.0 Å². The third-order valence-corrected chi connectivity index (χ3v) is 3.67. The summed E-state index contributed by atoms with van der Waals surface area (Å²) in [5.41, 5.74) is 1.15. The Labute approximate surface area is 149 Å². The lowest BCUT2D eigenvalue weighted by Crippen LogP contribution is -2.39. The van der Waals surface area contributed by atoms with Gasteiger partial charge in [0.05, 0.1) is 19.9 Å². The van der Waals surface area contributed by atoms with Crippen LogP contribution in [0.5, 0.6) is 11.5 Å². The van der Waals surface area contributed by atoms with E-state index in [4.69, 9.17) is 9.47 Å². The Kier molecular flexibility index (Phi) is 7.13. The first kappa shape index (κ1) is 18.6. The largest absolute Gasteiger partial charge is 0.497 e. The molecule has 136 valence electrons. The zero-order valence-electron chi connectivity index (χ0n) is 15.4. The Morgan fingerprint density at radius 2 is 2.16 bits per heavy atom. The molecule has 0 amide bonds. The summed E-state index contributed by atoms with van der Waals surface area (Å²) in [4.78, 5) is 6.39. The van der Waals surface area contributed by atoms with Crippen LogP contribution in [0.2, 0.25) is 0 Å². The van der Waals surface area contributed by atoms with Crippen molar-refractivity contribution in [2.24, 2.45) is 12.0 Å². The number of nitrogens with one attached hydrogen (secondary N) is 1. The van der Waals surface area contributed by atoms with Crippen molar-refractivity contribution >= 4 is 5.96 Å². The number of aliphatic imine (C=N–C) groups is 1. The fraction of sp³-hybridized carbons (Fsp3) is 0.444. The Hall–Kier alpha value is -2.70. The lowest BCUT2D eigenvalue weighted by Gasteiger charge is -2.21. The van der Waals surface area contributed by atoms with Gasteiger partial charge in [-0.25, -0.2) is 0 Å². The highest BCUT2D eigenvalue weighted by molar-refractivity contribution is 5.79. The maximum absolute atomic E-state index is 5.74. The molecule has 2 aromatic rings. The van der Waals surface area contributed by atoms with Gasteiger partial charge < -0.3 is 19.7 Å². The van der Waals surface area contributed by atoms with Crippen molar-refractivity contribution < 1.29 is 9.47 Å². The minimum atomic E-state index is 0.628. The van der Waals surface area contributed by atoms with Gasteiger partial charge in [-0.15, -0.1) is 0 Å². The van der Waals surface area contributed by atoms with Crippen LogP contribution in [-0.2, 0) is 13.6 Å². The minimum Gasteiger partial charge on any atom is -0.497 e. The molecule has 0 aliphatic rings. The predicted molar refractivity (Wildman–Crippen MR) is 99.1 cm³/mol. The monoisotopic (exact) mass is 345 g/mol. The zero-order valence-corrected chi connectivity index (χ0v) is 15.4. The van der Waals surface area contributed by atoms with Crippen molar-refractivity contribution in [3.63, 3.8) is 0 Å². The van der Waals surface area contributed by atoms with E-state index < -0.39 is 0 Å². The van der Waals surface area contributed by atoms with Gasteiger partial charge in [0.15, 0.2) is 5.96 Å². The quantitative estimate of drug-likeness (QED) is 0.450. The second-order valence-corrected chi connectivity index (χ2v) is 5.73. The third-order valence-electron chi connectivity index (χ3n) is 3.67. The van der Waals surface area contributed by atoms with Gasteiger partial charge in [-0.2, -0.15) is 5.10 Å². The van der Waals surface area contributed by atoms with Crippen LogP contribution in [0, 0.1) is 0 Å². The number of hydrogen-bond acceptors (Lipinski definition) is 4. The number of aromatic nitrogens is 2. The molecule has 1 heterocycles. The molecule has 25 heavy (non-hydrogen) atoms. The highest BCUT2D eigenvalue weighted by atomic mass is 16.5. The van der Waals surface area contributed by atoms with E-state index in [1.54, 1.807) is 18.8 Å². The number of hydrogen-bond donors (Lipinski definition) is 1. The molecule has 1 aromatic heterocycles. The van der Waals surface area contributed by atoms with Crippen molar-refractivity contribution in [2.45, 2.75) is 13.0 Å². The lowest BCUT2D eigenvalue weighted by molar-refractivity contribution is 0.307. The number of methoxy groups -OCH3 is 1. The topological polar surface area (TPSA) is 63.9 Å². The average molecular weight is 345 g/mol. The van der Waals surface area contributed by atoms with Crippen LogP contribution < -0.4 is 14.8 Å². The van der Waals surface area contributed by atoms with Crippen LogP contribution in [0.15, 0.2) is 41.7 Å². The summed E-state index contributed by atoms with van der Waals surface area (Å²) in [6.07, 6.45) is 4.74. The molecule has 0 atom stereocenters. The molecule has 1 aromatic carbocycles. The van der Waals surface area contributed by atoms with Gasteiger partial charge in [0.2, 0.25) is 0 Å². The first-order valence-corrected chi connectivity index (χ1v) is 8.28. The van der Waals surface area contributed by atoms with Gasteiger partial charge in [0.25, 0.3) is 0 Å². The molecule has 0 unspecified atom stereocenters. The van der Waals surface area contributed by atoms with Crippen LogP contribution in [0.4, 0.5) is 0 Å². The zero-order chi connectivity index (χ0) is 18.1. The molecule has 0 aliphatic heterocycles. The SMILES string of the molecule is CN=C(NCCCOc1cccc(OC)c1)N(C)Cc1cnn(C)c1. The van der Waals surface area contributed by atoms with Crippen molar-refractivity contribution in [2.75, 3.05) is 34.4 Å². The smallest absolute Gasteiger partial charge is 0.193 e. The van der Waals surface area contributed by atoms with Crippen LogP contribution in [0.3, 0.4) is 0 Å². The molecule has 0 spiro atoms. The van der Waals surface area contributed by atoms with Gasteiger partial charge >= 0.3 is 0 Å². The maximum atomic E-state index is 5.74. The highest BCUT2D eigenvalue weighted by Gasteiger charge is 2.07. The summed E-state index contributed by atoms with van der Waals surface area (Å²) in [6.45, 7) is 2.17. The summed E-state index contributed by atoms with van der Waals surface area (Å²) in [6, 6.07) is 7.63. The standard InChI is InChI=1S/C18H27N5O2/c1-19-18(22(2)13-15-12-21-23(3)14-15)20-9-6-10-25-17-8-5-7-16(11-17)24-4/h5,7-8,11-12,14H,6,9-10,13H2,1-4H3,(H,19,20). The molecule has 0 radical (unpaired) electrons. The Morgan fingerprint density at radius 3 is 2.84 bits per heavy atom. The Morgan fingerprint density at radius 1 is 1.36 bits per heavy atom. The second-order valence-electron chi connectivity index (χ2n) is 5.73. The molecule has 7 heteroatoms. The predicted octanol–water partition coefficient (Wildman–Crippen LogP) is 1.90. The number of guanidine groups is 1. The van der Waals surface area contributed by atoms with E-state index >= 15 is 0 Å². The maximum Gasteiger partial charge on any atom is 0.193 e. The van der Waals surface area contributed by atoms with E-state index in [0.717, 1.165) is 42.5 Å². The fourth-order valence-corrected chi connectivity index (χ4v) is 2.44. The lowest BCUT2D eigenvalue weighted by atomic mass is 10.3. The molecule has 0 saturated carbocycles. The number of ether oxygens (including phenoxy) is 2. The Balaban J connectivity index is 1.70. The van der Waals surface area contributed by atoms with E-state index in [1.165, 1.54) is 0 Å². The van der Waals surface area contributed by atoms with Crippen molar-refractivity contribution in [1.29, 1.82) is 0 Å². The van der Waals surface area contributed by atoms with E-state index in [0.29, 0.717) is 6.61 Å². The molecule has 1 N–H and O–H groups in total. The number of aryl methyl sites for hydroxylation is 1. The second kappa shape index (κ2) is 9.56. The average Bonchev–Trinajstić information content (AvgIpc) is 3.03. The van der Waals surface area contributed by atoms with Crippen LogP contribution in [0.25, 0.3) is 0 Å². The van der Waals surface area contributed by atoms with Gasteiger partial charge in [-0.05, 0) is 18.6 Å². The summed E-state index contributed by atoms with van der Waals surface area (Å²) in [5.74, 6) is 2.47. The van der Waals surface area contributed by atoms with Gasteiger partial charge in [-0.1, -0.05) is 6.07 Å². The highest BCUT2D eigenvalue weighted by Crippen LogP contribution is 2.18. The molecule has 0 aliphatic carbocycles. The molecular formula is C18H27N5O2. The van der Waals surface area contributed by atoms with Crippen molar-refractivity contribution in [3.05, 3.63) is 42.2 Å². The van der Waals surface area contributed by atoms with Crippen LogP contribution in [0.1, 0.15) is 12.0 Å². The van der Waals surface area contributed by atoms with E-state index in [9.17, 15) is 0 Å². The molecule has 7 nitrogen and oxygen atoms in total. The molecule has 0 bridgehead atoms. The van der Waals surface area contributed by atoms with Crippen LogP contribution in [-0.4, -0.2) is 55.0 Å². The molecule has 0 fully saturated rings. The Bertz CT molecular complexity index is 684. The molecule has 0 saturated heterocycles. The normalized spacial score (nSPS) is 11.3. The van der Waals surface area contributed by atoms with Gasteiger partial charge in [-0.3, -0.25) is 9.67 Å². The number of benzene rings is 1. The molecule has 2 rings (SSSR count). The van der Waals surface area contributed by atoms with E-state index in [2.05, 4.69) is 20.3 Å². The van der Waals surface area contributed by atoms with E-state index in [-0.39, 0.29) is 0 Å². The summed E-state index contributed by atoms with van der Waals surface area (Å²) in [7, 11) is 7.36. The van der Waals surface area contributed by atoms with Crippen molar-refractivity contribution in [3.8, 4) is 11.5 Å². The third kappa shape index (κ3) is 6.02. The van der Waals surface area contributed by atoms with Gasteiger partial charge in [0, 0.05) is 52.1 Å². The number of nitrogens with zero attached hydrogens (tertiary/aromatic N) is 4. The van der Waals surface area contributed by atoms with E-state index in [1.807, 2.05) is 50.8 Å². The molecular weight excluding hydrogens is 318 g/mol. The first-order chi connectivity index (χ1) is 12.1. The minimum absolute atomic E-state index is 0.628. The van der Waals surface area contributed by atoms with Gasteiger partial charge in [0.1, 0.15) is 11.5 Å². The summed E-state index contributed by atoms with van der Waals surface area (Å²) >= 11 is 0. The fourth-order valence-electron chi connectivity index (χ4n) is 2.44. The summed E-state index contributed by atoms with van der Waals surface area (Å²) < 4.78 is 12.7.